The number of rotatable bonds is 9. The topological polar surface area (TPSA) is 40.5 Å². The van der Waals surface area contributed by atoms with Gasteiger partial charge in [0.15, 0.2) is 0 Å². The van der Waals surface area contributed by atoms with Gasteiger partial charge in [0.2, 0.25) is 0 Å². The molecule has 0 aromatic heterocycles. The second kappa shape index (κ2) is 23.6. The minimum Gasteiger partial charge on any atom is -0.390 e. The number of aliphatic hydroxyl groups is 2. The van der Waals surface area contributed by atoms with Crippen molar-refractivity contribution in [1.82, 2.24) is 0 Å². The third kappa shape index (κ3) is 11.8. The van der Waals surface area contributed by atoms with Gasteiger partial charge in [0.05, 0.1) is 12.2 Å². The average molecular weight is 798 g/mol. The van der Waals surface area contributed by atoms with E-state index < -0.39 is 28.1 Å². The molecular formula is C46H40Fe2O2P2+4. The van der Waals surface area contributed by atoms with E-state index in [2.05, 4.69) is 110 Å². The standard InChI is InChI=1S/C36H30O2P2.2C5H5.2Fe/c37-35(31-23-13-25-33(31)39(27-15-5-1-6-16-27)28-17-7-2-8-18-28)36(38)32-24-14-26-34(32)40(29-19-9-3-10-20-29)30-21-11-4-12-22-30;2*1-2-4-5-3-1;;/h1-26,35-38H;2*1-5H;;/q;;;2*+2/t35-,36-;;;;/m1..../s1. The van der Waals surface area contributed by atoms with Gasteiger partial charge in [0.1, 0.15) is 0 Å². The molecule has 4 aromatic carbocycles. The summed E-state index contributed by atoms with van der Waals surface area (Å²) in [5.41, 5.74) is 2.14. The number of hydrogen-bond donors (Lipinski definition) is 2. The van der Waals surface area contributed by atoms with Gasteiger partial charge in [-0.1, -0.05) is 121 Å². The molecule has 2 N–H and O–H groups in total. The van der Waals surface area contributed by atoms with Crippen molar-refractivity contribution in [3.05, 3.63) is 247 Å². The Morgan fingerprint density at radius 3 is 0.769 bits per heavy atom. The maximum Gasteiger partial charge on any atom is 2.00 e. The average Bonchev–Trinajstić information content (AvgIpc) is 4.04. The fourth-order valence-corrected chi connectivity index (χ4v) is 10.9. The molecule has 2 atom stereocenters. The normalized spacial score (nSPS) is 19.2. The maximum absolute atomic E-state index is 11.8. The summed E-state index contributed by atoms with van der Waals surface area (Å²) in [6.07, 6.45) is 30.0. The Morgan fingerprint density at radius 1 is 0.308 bits per heavy atom. The molecule has 20 radical (unpaired) electrons. The predicted octanol–water partition coefficient (Wildman–Crippen LogP) is 7.48. The zero-order chi connectivity index (χ0) is 34.4. The SMILES string of the molecule is O[C@H]([C]1[CH][CH][CH][C]1P(c1ccccc1)c1ccccc1)[C@H](O)[C]1[CH][CH][CH][C]1P(c1ccccc1)c1ccccc1.[CH]1[CH][CH][CH][CH]1.[CH]1[CH][CH][CH][CH]1.[Fe+2].[Fe+2]. The van der Waals surface area contributed by atoms with E-state index in [-0.39, 0.29) is 34.1 Å². The molecule has 0 unspecified atom stereocenters. The minimum atomic E-state index is -1.06. The van der Waals surface area contributed by atoms with Crippen molar-refractivity contribution in [1.29, 1.82) is 0 Å². The van der Waals surface area contributed by atoms with Crippen LogP contribution in [0, 0.1) is 126 Å². The molecule has 0 saturated heterocycles. The number of benzene rings is 4. The first-order valence-corrected chi connectivity index (χ1v) is 19.4. The van der Waals surface area contributed by atoms with Gasteiger partial charge in [-0.15, -0.1) is 0 Å². The van der Waals surface area contributed by atoms with E-state index in [1.807, 2.05) is 114 Å². The molecule has 0 aliphatic heterocycles. The summed E-state index contributed by atoms with van der Waals surface area (Å²) in [6, 6.07) is 41.8. The zero-order valence-electron chi connectivity index (χ0n) is 28.4. The van der Waals surface area contributed by atoms with Crippen LogP contribution in [0.4, 0.5) is 0 Å². The van der Waals surface area contributed by atoms with Gasteiger partial charge in [0.25, 0.3) is 0 Å². The van der Waals surface area contributed by atoms with E-state index in [9.17, 15) is 10.2 Å². The zero-order valence-corrected chi connectivity index (χ0v) is 32.4. The molecule has 52 heavy (non-hydrogen) atoms. The van der Waals surface area contributed by atoms with Crippen LogP contribution in [0.1, 0.15) is 0 Å². The molecule has 4 aliphatic carbocycles. The molecule has 0 bridgehead atoms. The van der Waals surface area contributed by atoms with E-state index in [0.29, 0.717) is 0 Å². The second-order valence-corrected chi connectivity index (χ2v) is 15.9. The second-order valence-electron chi connectivity index (χ2n) is 11.6. The van der Waals surface area contributed by atoms with Crippen LogP contribution in [-0.4, -0.2) is 22.4 Å². The minimum absolute atomic E-state index is 0. The van der Waals surface area contributed by atoms with Crippen LogP contribution in [-0.2, 0) is 34.1 Å². The van der Waals surface area contributed by atoms with Crippen molar-refractivity contribution in [2.24, 2.45) is 0 Å². The fourth-order valence-electron chi connectivity index (χ4n) is 5.90. The van der Waals surface area contributed by atoms with Crippen LogP contribution >= 0.6 is 15.8 Å². The summed E-state index contributed by atoms with van der Waals surface area (Å²) in [6.45, 7) is 0. The molecule has 2 nitrogen and oxygen atoms in total. The Bertz CT molecular complexity index is 1280. The molecule has 258 valence electrons. The van der Waals surface area contributed by atoms with Crippen LogP contribution in [0.25, 0.3) is 0 Å². The third-order valence-corrected chi connectivity index (χ3v) is 13.3. The first kappa shape index (κ1) is 43.4. The molecule has 4 saturated carbocycles. The first-order valence-electron chi connectivity index (χ1n) is 16.7. The summed E-state index contributed by atoms with van der Waals surface area (Å²) < 4.78 is 0. The van der Waals surface area contributed by atoms with Crippen LogP contribution in [0.5, 0.6) is 0 Å². The Balaban J connectivity index is 0.000000436. The number of hydrogen-bond acceptors (Lipinski definition) is 2. The molecule has 0 heterocycles. The molecule has 4 aliphatic rings. The van der Waals surface area contributed by atoms with Gasteiger partial charge in [-0.05, 0) is 140 Å². The van der Waals surface area contributed by atoms with Crippen LogP contribution in [0.2, 0.25) is 0 Å². The molecule has 4 aromatic rings. The van der Waals surface area contributed by atoms with Gasteiger partial charge in [-0.3, -0.25) is 0 Å². The molecule has 8 rings (SSSR count). The summed E-state index contributed by atoms with van der Waals surface area (Å²) in [4.78, 5) is 0. The van der Waals surface area contributed by atoms with E-state index >= 15 is 0 Å². The van der Waals surface area contributed by atoms with Gasteiger partial charge < -0.3 is 10.2 Å². The Hall–Kier alpha value is -1.30. The summed E-state index contributed by atoms with van der Waals surface area (Å²) in [7, 11) is -1.81. The maximum atomic E-state index is 11.8. The van der Waals surface area contributed by atoms with Crippen molar-refractivity contribution in [3.63, 3.8) is 0 Å². The Morgan fingerprint density at radius 2 is 0.538 bits per heavy atom. The molecule has 0 amide bonds. The molecule has 0 spiro atoms. The van der Waals surface area contributed by atoms with Gasteiger partial charge in [-0.2, -0.15) is 0 Å². The largest absolute Gasteiger partial charge is 2.00 e. The van der Waals surface area contributed by atoms with E-state index in [1.165, 1.54) is 21.2 Å². The smallest absolute Gasteiger partial charge is 0.390 e. The van der Waals surface area contributed by atoms with Crippen LogP contribution in [0.3, 0.4) is 0 Å². The van der Waals surface area contributed by atoms with Crippen molar-refractivity contribution in [2.45, 2.75) is 12.2 Å². The Kier molecular flexibility index (Phi) is 19.7. The first-order chi connectivity index (χ1) is 24.7. The third-order valence-electron chi connectivity index (χ3n) is 8.24. The molecule has 6 heteroatoms. The van der Waals surface area contributed by atoms with E-state index in [0.717, 1.165) is 23.2 Å². The van der Waals surface area contributed by atoms with E-state index in [1.54, 1.807) is 0 Å². The summed E-state index contributed by atoms with van der Waals surface area (Å²) in [5, 5.41) is 28.4. The van der Waals surface area contributed by atoms with E-state index in [4.69, 9.17) is 0 Å². The summed E-state index contributed by atoms with van der Waals surface area (Å²) >= 11 is 0. The van der Waals surface area contributed by atoms with Crippen LogP contribution in [0.15, 0.2) is 121 Å². The summed E-state index contributed by atoms with van der Waals surface area (Å²) in [5.74, 6) is 1.56. The monoisotopic (exact) mass is 798 g/mol. The van der Waals surface area contributed by atoms with Gasteiger partial charge >= 0.3 is 34.1 Å². The van der Waals surface area contributed by atoms with Gasteiger partial charge in [-0.25, -0.2) is 0 Å². The number of aliphatic hydroxyl groups excluding tert-OH is 2. The molecular weight excluding hydrogens is 758 g/mol. The quantitative estimate of drug-likeness (QED) is 0.136. The van der Waals surface area contributed by atoms with Crippen LogP contribution < -0.4 is 21.2 Å². The van der Waals surface area contributed by atoms with Crippen molar-refractivity contribution >= 4 is 37.1 Å². The van der Waals surface area contributed by atoms with Gasteiger partial charge in [0, 0.05) is 23.2 Å². The molecule has 4 fully saturated rings. The Labute approximate surface area is 338 Å². The van der Waals surface area contributed by atoms with Crippen molar-refractivity contribution < 1.29 is 44.4 Å². The fraction of sp³-hybridized carbons (Fsp3) is 0.0435. The predicted molar refractivity (Wildman–Crippen MR) is 212 cm³/mol. The van der Waals surface area contributed by atoms with Crippen molar-refractivity contribution in [3.8, 4) is 0 Å². The van der Waals surface area contributed by atoms with Crippen molar-refractivity contribution in [2.75, 3.05) is 0 Å².